The van der Waals surface area contributed by atoms with E-state index in [-0.39, 0.29) is 26.5 Å². The molecule has 3 heterocycles. The maximum Gasteiger partial charge on any atom is 0.145 e. The van der Waals surface area contributed by atoms with Gasteiger partial charge in [-0.1, -0.05) is 117 Å². The summed E-state index contributed by atoms with van der Waals surface area (Å²) in [5, 5.41) is 6.20. The smallest absolute Gasteiger partial charge is 0.145 e. The maximum atomic E-state index is 4.96. The first kappa shape index (κ1) is 34.6. The van der Waals surface area contributed by atoms with Crippen molar-refractivity contribution >= 4 is 38.9 Å². The Balaban J connectivity index is 0.00000400. The van der Waals surface area contributed by atoms with E-state index in [0.29, 0.717) is 0 Å². The summed E-state index contributed by atoms with van der Waals surface area (Å²) in [7, 11) is 1.98. The summed E-state index contributed by atoms with van der Waals surface area (Å²) in [6.45, 7) is 6.73. The van der Waals surface area contributed by atoms with Gasteiger partial charge in [0.2, 0.25) is 0 Å². The molecule has 1 aliphatic rings. The number of rotatable bonds is 6. The first-order valence-electron chi connectivity index (χ1n) is 17.8. The largest absolute Gasteiger partial charge is 0.319 e. The van der Waals surface area contributed by atoms with Gasteiger partial charge >= 0.3 is 0 Å². The van der Waals surface area contributed by atoms with E-state index in [0.717, 1.165) is 61.6 Å². The third-order valence-corrected chi connectivity index (χ3v) is 10.3. The van der Waals surface area contributed by atoms with Gasteiger partial charge in [0, 0.05) is 43.9 Å². The molecule has 0 fully saturated rings. The van der Waals surface area contributed by atoms with E-state index in [1.807, 2.05) is 29.4 Å². The fourth-order valence-electron chi connectivity index (χ4n) is 7.79. The minimum absolute atomic E-state index is 0. The Labute approximate surface area is 325 Å². The van der Waals surface area contributed by atoms with Gasteiger partial charge in [-0.15, -0.1) is 38.8 Å². The van der Waals surface area contributed by atoms with Crippen molar-refractivity contribution in [1.82, 2.24) is 9.55 Å². The average Bonchev–Trinajstić information content (AvgIpc) is 3.70. The number of hydrogen-bond acceptors (Lipinski definition) is 3. The van der Waals surface area contributed by atoms with E-state index in [2.05, 4.69) is 183 Å². The molecule has 2 aromatic heterocycles. The standard InChI is InChI=1S/C47H38N4O.Pt/c1-46(2,3)35-28-29-48-45(32-35)50-41-23-12-11-22-39(41)40-27-26-37(31-44(40)50)47(33-16-7-5-8-17-33,34-18-9-6-10-19-34)36-20-15-21-38(30-36)51-43-25-14-13-24-42(43)49(4)52-51;/h5-29,32H,1-4H3;/q-2;/p+1. The summed E-state index contributed by atoms with van der Waals surface area (Å²) in [6.07, 6.45) is 1.93. The van der Waals surface area contributed by atoms with Crippen molar-refractivity contribution in [2.45, 2.75) is 31.6 Å². The van der Waals surface area contributed by atoms with Gasteiger partial charge in [0.1, 0.15) is 17.2 Å². The Kier molecular flexibility index (Phi) is 8.81. The first-order chi connectivity index (χ1) is 25.3. The molecule has 0 amide bonds. The Morgan fingerprint density at radius 1 is 0.585 bits per heavy atom. The van der Waals surface area contributed by atoms with Gasteiger partial charge < -0.3 is 4.57 Å². The molecule has 6 heteroatoms. The molecule has 9 rings (SSSR count). The molecule has 0 radical (unpaired) electrons. The fourth-order valence-corrected chi connectivity index (χ4v) is 7.79. The van der Waals surface area contributed by atoms with Crippen LogP contribution in [0.1, 0.15) is 48.6 Å². The van der Waals surface area contributed by atoms with Crippen LogP contribution in [0.4, 0.5) is 17.1 Å². The number of para-hydroxylation sites is 3. The third-order valence-electron chi connectivity index (χ3n) is 10.3. The van der Waals surface area contributed by atoms with Crippen LogP contribution in [0.15, 0.2) is 158 Å². The second kappa shape index (κ2) is 13.5. The van der Waals surface area contributed by atoms with Gasteiger partial charge in [0.15, 0.2) is 0 Å². The summed E-state index contributed by atoms with van der Waals surface area (Å²) in [5.41, 5.74) is 9.69. The molecule has 0 saturated heterocycles. The number of benzene rings is 6. The summed E-state index contributed by atoms with van der Waals surface area (Å²) in [5.74, 6) is 0.879. The van der Waals surface area contributed by atoms with E-state index in [9.17, 15) is 0 Å². The van der Waals surface area contributed by atoms with Crippen LogP contribution in [0, 0.1) is 12.1 Å². The number of anilines is 3. The molecule has 8 aromatic rings. The molecule has 0 atom stereocenters. The van der Waals surface area contributed by atoms with Crippen LogP contribution in [0.2, 0.25) is 0 Å². The fraction of sp³-hybridized carbons (Fsp3) is 0.128. The Hall–Kier alpha value is -5.48. The molecule has 0 saturated carbocycles. The Morgan fingerprint density at radius 2 is 1.23 bits per heavy atom. The monoisotopic (exact) mass is 870 g/mol. The number of fused-ring (bicyclic) bond motifs is 4. The van der Waals surface area contributed by atoms with E-state index < -0.39 is 5.41 Å². The minimum Gasteiger partial charge on any atom is -0.319 e. The van der Waals surface area contributed by atoms with Gasteiger partial charge in [-0.25, -0.2) is 4.98 Å². The predicted molar refractivity (Wildman–Crippen MR) is 212 cm³/mol. The molecule has 6 aromatic carbocycles. The van der Waals surface area contributed by atoms with E-state index in [1.54, 1.807) is 0 Å². The van der Waals surface area contributed by atoms with E-state index in [1.165, 1.54) is 10.9 Å². The van der Waals surface area contributed by atoms with Crippen LogP contribution in [0.5, 0.6) is 0 Å². The number of nitrogens with zero attached hydrogens (tertiary/aromatic N) is 4. The van der Waals surface area contributed by atoms with Crippen molar-refractivity contribution in [2.24, 2.45) is 0 Å². The second-order valence-corrected chi connectivity index (χ2v) is 14.5. The number of aromatic nitrogens is 2. The van der Waals surface area contributed by atoms with Gasteiger partial charge in [0.05, 0.1) is 7.05 Å². The van der Waals surface area contributed by atoms with Crippen LogP contribution >= 0.6 is 0 Å². The normalized spacial score (nSPS) is 13.0. The van der Waals surface area contributed by atoms with Crippen LogP contribution in [0.25, 0.3) is 27.6 Å². The van der Waals surface area contributed by atoms with Crippen LogP contribution in [-0.4, -0.2) is 21.5 Å². The number of hydrogen-bond donors (Lipinski definition) is 0. The molecule has 1 N–H and O–H groups in total. The van der Waals surface area contributed by atoms with Crippen molar-refractivity contribution in [3.63, 3.8) is 0 Å². The van der Waals surface area contributed by atoms with Gasteiger partial charge in [0.25, 0.3) is 0 Å². The first-order valence-corrected chi connectivity index (χ1v) is 17.8. The molecule has 1 aliphatic heterocycles. The summed E-state index contributed by atoms with van der Waals surface area (Å²) >= 11 is 0. The van der Waals surface area contributed by atoms with Crippen LogP contribution in [0.3, 0.4) is 0 Å². The Morgan fingerprint density at radius 3 is 1.94 bits per heavy atom. The van der Waals surface area contributed by atoms with E-state index >= 15 is 0 Å². The summed E-state index contributed by atoms with van der Waals surface area (Å²) in [6, 6.07) is 61.6. The van der Waals surface area contributed by atoms with Gasteiger partial charge in [-0.3, -0.25) is 0 Å². The van der Waals surface area contributed by atoms with Crippen LogP contribution < -0.4 is 10.1 Å². The number of hydroxylamine groups is 1. The Bertz CT molecular complexity index is 2540. The van der Waals surface area contributed by atoms with Gasteiger partial charge in [-0.2, -0.15) is 35.3 Å². The van der Waals surface area contributed by atoms with Gasteiger partial charge in [-0.05, 0) is 57.8 Å². The molecule has 5 nitrogen and oxygen atoms in total. The zero-order chi connectivity index (χ0) is 35.5. The summed E-state index contributed by atoms with van der Waals surface area (Å²) in [4.78, 5) is 9.88. The zero-order valence-corrected chi connectivity index (χ0v) is 32.3. The van der Waals surface area contributed by atoms with Crippen molar-refractivity contribution in [2.75, 3.05) is 17.2 Å². The SMILES string of the molecule is CN1[OH+]N(c2[c-]c(C(c3[c-]c4c(cc3)c3ccccc3n4-c3cc(C(C)(C)C)ccn3)(c3ccccc3)c3ccccc3)ccc2)c2ccccc21.[Pt]. The third kappa shape index (κ3) is 5.67. The van der Waals surface area contributed by atoms with Crippen molar-refractivity contribution in [3.8, 4) is 5.82 Å². The minimum atomic E-state index is -0.778. The second-order valence-electron chi connectivity index (χ2n) is 14.5. The quantitative estimate of drug-likeness (QED) is 0.0949. The molecule has 264 valence electrons. The zero-order valence-electron chi connectivity index (χ0n) is 30.1. The molecule has 0 unspecified atom stereocenters. The van der Waals surface area contributed by atoms with E-state index in [4.69, 9.17) is 9.92 Å². The predicted octanol–water partition coefficient (Wildman–Crippen LogP) is 10.9. The topological polar surface area (TPSA) is 37.1 Å². The van der Waals surface area contributed by atoms with Crippen molar-refractivity contribution in [3.05, 3.63) is 198 Å². The van der Waals surface area contributed by atoms with Crippen molar-refractivity contribution < 1.29 is 26.0 Å². The molecule has 53 heavy (non-hydrogen) atoms. The molecule has 0 spiro atoms. The maximum absolute atomic E-state index is 4.96. The molecule has 0 bridgehead atoms. The average molecular weight is 871 g/mol. The van der Waals surface area contributed by atoms with Crippen molar-refractivity contribution in [1.29, 1.82) is 0 Å². The summed E-state index contributed by atoms with van der Waals surface area (Å²) < 4.78 is 2.28. The molecular formula is C47H39N4OPt-. The van der Waals surface area contributed by atoms with Crippen LogP contribution in [-0.2, 0) is 31.9 Å². The molecule has 0 aliphatic carbocycles. The molecular weight excluding hydrogens is 832 g/mol. The number of pyridine rings is 1.